The topological polar surface area (TPSA) is 71.3 Å². The van der Waals surface area contributed by atoms with E-state index in [0.29, 0.717) is 6.54 Å². The second-order valence-corrected chi connectivity index (χ2v) is 6.10. The lowest BCUT2D eigenvalue weighted by molar-refractivity contribution is -0.121. The Bertz CT molecular complexity index is 495. The summed E-state index contributed by atoms with van der Waals surface area (Å²) in [6.07, 6.45) is 7.79. The van der Waals surface area contributed by atoms with Crippen molar-refractivity contribution in [3.8, 4) is 0 Å². The molecule has 0 bridgehead atoms. The molecule has 2 unspecified atom stereocenters. The molecule has 1 aliphatic carbocycles. The van der Waals surface area contributed by atoms with Gasteiger partial charge in [0.25, 0.3) is 0 Å². The van der Waals surface area contributed by atoms with E-state index in [1.54, 1.807) is 12.3 Å². The second kappa shape index (κ2) is 7.29. The van der Waals surface area contributed by atoms with Crippen molar-refractivity contribution in [1.29, 1.82) is 0 Å². The minimum absolute atomic E-state index is 0.0652. The van der Waals surface area contributed by atoms with Gasteiger partial charge < -0.3 is 15.0 Å². The SMILES string of the molecule is CC1CCCC(CCNC(=O)Cn2cccc2C(=O)O)C1. The number of aromatic nitrogens is 1. The maximum absolute atomic E-state index is 11.9. The van der Waals surface area contributed by atoms with Gasteiger partial charge in [0.15, 0.2) is 0 Å². The zero-order valence-corrected chi connectivity index (χ0v) is 12.5. The van der Waals surface area contributed by atoms with Gasteiger partial charge in [-0.15, -0.1) is 0 Å². The number of carboxylic acids is 1. The summed E-state index contributed by atoms with van der Waals surface area (Å²) < 4.78 is 1.46. The van der Waals surface area contributed by atoms with Crippen LogP contribution in [0.3, 0.4) is 0 Å². The van der Waals surface area contributed by atoms with E-state index >= 15 is 0 Å². The molecule has 2 N–H and O–H groups in total. The number of carbonyl (C=O) groups excluding carboxylic acids is 1. The average molecular weight is 292 g/mol. The molecule has 5 nitrogen and oxygen atoms in total. The van der Waals surface area contributed by atoms with E-state index in [9.17, 15) is 9.59 Å². The number of rotatable bonds is 6. The lowest BCUT2D eigenvalue weighted by atomic mass is 9.81. The molecule has 1 fully saturated rings. The summed E-state index contributed by atoms with van der Waals surface area (Å²) in [6.45, 7) is 3.04. The van der Waals surface area contributed by atoms with Crippen molar-refractivity contribution >= 4 is 11.9 Å². The smallest absolute Gasteiger partial charge is 0.352 e. The van der Waals surface area contributed by atoms with E-state index in [0.717, 1.165) is 18.3 Å². The maximum atomic E-state index is 11.9. The first-order valence-electron chi connectivity index (χ1n) is 7.71. The van der Waals surface area contributed by atoms with Crippen molar-refractivity contribution in [3.05, 3.63) is 24.0 Å². The summed E-state index contributed by atoms with van der Waals surface area (Å²) in [4.78, 5) is 22.8. The number of carbonyl (C=O) groups is 2. The highest BCUT2D eigenvalue weighted by Gasteiger charge is 2.18. The van der Waals surface area contributed by atoms with Gasteiger partial charge in [0, 0.05) is 12.7 Å². The molecular formula is C16H24N2O3. The molecule has 0 spiro atoms. The molecule has 2 atom stereocenters. The van der Waals surface area contributed by atoms with Crippen LogP contribution in [0.15, 0.2) is 18.3 Å². The van der Waals surface area contributed by atoms with Gasteiger partial charge in [0.1, 0.15) is 12.2 Å². The van der Waals surface area contributed by atoms with Gasteiger partial charge in [-0.3, -0.25) is 4.79 Å². The van der Waals surface area contributed by atoms with Crippen LogP contribution in [0.4, 0.5) is 0 Å². The molecule has 1 aromatic heterocycles. The summed E-state index contributed by atoms with van der Waals surface area (Å²) in [5.74, 6) is 0.384. The first-order chi connectivity index (χ1) is 10.1. The van der Waals surface area contributed by atoms with Gasteiger partial charge in [-0.05, 0) is 36.8 Å². The Morgan fingerprint density at radius 2 is 2.24 bits per heavy atom. The molecule has 1 aromatic rings. The summed E-state index contributed by atoms with van der Waals surface area (Å²) in [5.41, 5.74) is 0.145. The second-order valence-electron chi connectivity index (χ2n) is 6.10. The lowest BCUT2D eigenvalue weighted by Gasteiger charge is -2.26. The molecule has 1 saturated carbocycles. The van der Waals surface area contributed by atoms with E-state index in [1.807, 2.05) is 0 Å². The fourth-order valence-electron chi connectivity index (χ4n) is 3.19. The molecular weight excluding hydrogens is 268 g/mol. The highest BCUT2D eigenvalue weighted by Crippen LogP contribution is 2.30. The Kier molecular flexibility index (Phi) is 5.42. The number of hydrogen-bond donors (Lipinski definition) is 2. The van der Waals surface area contributed by atoms with Crippen LogP contribution in [0.25, 0.3) is 0 Å². The number of amides is 1. The van der Waals surface area contributed by atoms with Crippen molar-refractivity contribution in [1.82, 2.24) is 9.88 Å². The van der Waals surface area contributed by atoms with Gasteiger partial charge in [0.05, 0.1) is 0 Å². The van der Waals surface area contributed by atoms with Crippen molar-refractivity contribution in [2.45, 2.75) is 45.6 Å². The van der Waals surface area contributed by atoms with Gasteiger partial charge in [-0.25, -0.2) is 4.79 Å². The number of nitrogens with zero attached hydrogens (tertiary/aromatic N) is 1. The molecule has 21 heavy (non-hydrogen) atoms. The lowest BCUT2D eigenvalue weighted by Crippen LogP contribution is -2.30. The summed E-state index contributed by atoms with van der Waals surface area (Å²) in [5, 5.41) is 11.9. The zero-order valence-electron chi connectivity index (χ0n) is 12.5. The van der Waals surface area contributed by atoms with Crippen LogP contribution in [0.5, 0.6) is 0 Å². The van der Waals surface area contributed by atoms with Crippen LogP contribution >= 0.6 is 0 Å². The molecule has 0 saturated heterocycles. The number of hydrogen-bond acceptors (Lipinski definition) is 2. The van der Waals surface area contributed by atoms with E-state index in [-0.39, 0.29) is 18.1 Å². The molecule has 0 radical (unpaired) electrons. The quantitative estimate of drug-likeness (QED) is 0.846. The molecule has 1 aliphatic rings. The minimum atomic E-state index is -1.01. The molecule has 0 aliphatic heterocycles. The largest absolute Gasteiger partial charge is 0.477 e. The van der Waals surface area contributed by atoms with E-state index < -0.39 is 5.97 Å². The minimum Gasteiger partial charge on any atom is -0.477 e. The van der Waals surface area contributed by atoms with Crippen molar-refractivity contribution in [2.75, 3.05) is 6.54 Å². The Morgan fingerprint density at radius 3 is 2.95 bits per heavy atom. The van der Waals surface area contributed by atoms with E-state index in [1.165, 1.54) is 36.3 Å². The fraction of sp³-hybridized carbons (Fsp3) is 0.625. The third-order valence-electron chi connectivity index (χ3n) is 4.28. The van der Waals surface area contributed by atoms with Crippen molar-refractivity contribution in [3.63, 3.8) is 0 Å². The molecule has 116 valence electrons. The molecule has 2 rings (SSSR count). The Morgan fingerprint density at radius 1 is 1.43 bits per heavy atom. The third-order valence-corrected chi connectivity index (χ3v) is 4.28. The molecule has 0 aromatic carbocycles. The summed E-state index contributed by atoms with van der Waals surface area (Å²) in [7, 11) is 0. The molecule has 5 heteroatoms. The third kappa shape index (κ3) is 4.62. The monoisotopic (exact) mass is 292 g/mol. The normalized spacial score (nSPS) is 22.0. The summed E-state index contributed by atoms with van der Waals surface area (Å²) in [6, 6.07) is 3.14. The summed E-state index contributed by atoms with van der Waals surface area (Å²) >= 11 is 0. The predicted octanol–water partition coefficient (Wildman–Crippen LogP) is 2.52. The Balaban J connectivity index is 1.72. The Hall–Kier alpha value is -1.78. The average Bonchev–Trinajstić information content (AvgIpc) is 2.87. The number of aromatic carboxylic acids is 1. The van der Waals surface area contributed by atoms with Gasteiger partial charge in [0.2, 0.25) is 5.91 Å². The van der Waals surface area contributed by atoms with Crippen molar-refractivity contribution < 1.29 is 14.7 Å². The van der Waals surface area contributed by atoms with Gasteiger partial charge >= 0.3 is 5.97 Å². The van der Waals surface area contributed by atoms with Crippen LogP contribution in [-0.2, 0) is 11.3 Å². The fourth-order valence-corrected chi connectivity index (χ4v) is 3.19. The highest BCUT2D eigenvalue weighted by molar-refractivity contribution is 5.86. The van der Waals surface area contributed by atoms with Gasteiger partial charge in [-0.2, -0.15) is 0 Å². The van der Waals surface area contributed by atoms with Crippen LogP contribution in [-0.4, -0.2) is 28.1 Å². The molecule has 1 heterocycles. The Labute approximate surface area is 125 Å². The van der Waals surface area contributed by atoms with Crippen LogP contribution in [0, 0.1) is 11.8 Å². The predicted molar refractivity (Wildman–Crippen MR) is 80.1 cm³/mol. The van der Waals surface area contributed by atoms with E-state index in [2.05, 4.69) is 12.2 Å². The zero-order chi connectivity index (χ0) is 15.2. The first-order valence-corrected chi connectivity index (χ1v) is 7.71. The van der Waals surface area contributed by atoms with Crippen LogP contribution < -0.4 is 5.32 Å². The van der Waals surface area contributed by atoms with Crippen LogP contribution in [0.2, 0.25) is 0 Å². The van der Waals surface area contributed by atoms with Crippen LogP contribution in [0.1, 0.15) is 49.5 Å². The number of nitrogens with one attached hydrogen (secondary N) is 1. The molecule has 1 amide bonds. The number of carboxylic acid groups (broad SMARTS) is 1. The van der Waals surface area contributed by atoms with Crippen molar-refractivity contribution in [2.24, 2.45) is 11.8 Å². The first kappa shape index (κ1) is 15.6. The standard InChI is InChI=1S/C16H24N2O3/c1-12-4-2-5-13(10-12)7-8-17-15(19)11-18-9-3-6-14(18)16(20)21/h3,6,9,12-13H,2,4-5,7-8,10-11H2,1H3,(H,17,19)(H,20,21). The highest BCUT2D eigenvalue weighted by atomic mass is 16.4. The van der Waals surface area contributed by atoms with Gasteiger partial charge in [-0.1, -0.05) is 26.2 Å². The maximum Gasteiger partial charge on any atom is 0.352 e. The van der Waals surface area contributed by atoms with E-state index in [4.69, 9.17) is 5.11 Å².